The van der Waals surface area contributed by atoms with Crippen LogP contribution in [0.5, 0.6) is 5.75 Å². The zero-order valence-electron chi connectivity index (χ0n) is 14.2. The topological polar surface area (TPSA) is 49.8 Å². The third kappa shape index (κ3) is 3.92. The van der Waals surface area contributed by atoms with Crippen LogP contribution in [0.25, 0.3) is 0 Å². The molecule has 4 nitrogen and oxygen atoms in total. The van der Waals surface area contributed by atoms with Gasteiger partial charge < -0.3 is 14.7 Å². The maximum absolute atomic E-state index is 13.8. The van der Waals surface area contributed by atoms with Gasteiger partial charge in [0.25, 0.3) is 5.91 Å². The summed E-state index contributed by atoms with van der Waals surface area (Å²) in [5, 5.41) is 9.31. The Kier molecular flexibility index (Phi) is 5.93. The molecule has 0 unspecified atom stereocenters. The van der Waals surface area contributed by atoms with Gasteiger partial charge in [0.1, 0.15) is 11.6 Å². The number of carbonyl (C=O) groups is 1. The summed E-state index contributed by atoms with van der Waals surface area (Å²) in [6, 6.07) is 10.5. The molecule has 0 saturated carbocycles. The number of methoxy groups -OCH3 is 1. The number of carbonyl (C=O) groups excluding carboxylic acids is 1. The van der Waals surface area contributed by atoms with Gasteiger partial charge in [-0.2, -0.15) is 0 Å². The smallest absolute Gasteiger partial charge is 0.254 e. The molecule has 1 N–H and O–H groups in total. The standard InChI is InChI=1S/C19H22FNO3/c1-13-10-16(11-14(2)18(13)20)19(23)21(8-9-22)12-15-6-4-5-7-17(15)24-3/h4-7,10-11,22H,8-9,12H2,1-3H3. The Bertz CT molecular complexity index is 707. The maximum Gasteiger partial charge on any atom is 0.254 e. The van der Waals surface area contributed by atoms with Crippen molar-refractivity contribution in [3.05, 3.63) is 64.5 Å². The zero-order valence-corrected chi connectivity index (χ0v) is 14.2. The quantitative estimate of drug-likeness (QED) is 0.885. The fourth-order valence-electron chi connectivity index (χ4n) is 2.66. The molecule has 0 fully saturated rings. The number of rotatable bonds is 6. The number of nitrogens with zero attached hydrogens (tertiary/aromatic N) is 1. The average molecular weight is 331 g/mol. The Balaban J connectivity index is 2.31. The van der Waals surface area contributed by atoms with Gasteiger partial charge in [-0.3, -0.25) is 4.79 Å². The molecule has 0 heterocycles. The molecular weight excluding hydrogens is 309 g/mol. The lowest BCUT2D eigenvalue weighted by Crippen LogP contribution is -2.33. The normalized spacial score (nSPS) is 10.5. The van der Waals surface area contributed by atoms with Gasteiger partial charge in [0.15, 0.2) is 0 Å². The van der Waals surface area contributed by atoms with E-state index >= 15 is 0 Å². The van der Waals surface area contributed by atoms with Crippen molar-refractivity contribution >= 4 is 5.91 Å². The highest BCUT2D eigenvalue weighted by atomic mass is 19.1. The molecule has 5 heteroatoms. The third-order valence-corrected chi connectivity index (χ3v) is 3.89. The predicted molar refractivity (Wildman–Crippen MR) is 90.7 cm³/mol. The van der Waals surface area contributed by atoms with Crippen LogP contribution < -0.4 is 4.74 Å². The van der Waals surface area contributed by atoms with E-state index in [0.29, 0.717) is 29.0 Å². The van der Waals surface area contributed by atoms with E-state index in [1.165, 1.54) is 17.0 Å². The van der Waals surface area contributed by atoms with E-state index in [1.54, 1.807) is 21.0 Å². The van der Waals surface area contributed by atoms with Crippen LogP contribution in [0.1, 0.15) is 27.0 Å². The second-order valence-corrected chi connectivity index (χ2v) is 5.69. The molecule has 24 heavy (non-hydrogen) atoms. The van der Waals surface area contributed by atoms with E-state index in [0.717, 1.165) is 5.56 Å². The predicted octanol–water partition coefficient (Wildman–Crippen LogP) is 3.09. The second kappa shape index (κ2) is 7.93. The van der Waals surface area contributed by atoms with Crippen LogP contribution in [-0.4, -0.2) is 36.2 Å². The van der Waals surface area contributed by atoms with Crippen molar-refractivity contribution in [3.8, 4) is 5.75 Å². The molecule has 0 aliphatic heterocycles. The summed E-state index contributed by atoms with van der Waals surface area (Å²) in [6.07, 6.45) is 0. The highest BCUT2D eigenvalue weighted by Gasteiger charge is 2.19. The molecule has 0 bridgehead atoms. The molecule has 0 aliphatic rings. The monoisotopic (exact) mass is 331 g/mol. The fourth-order valence-corrected chi connectivity index (χ4v) is 2.66. The maximum atomic E-state index is 13.8. The van der Waals surface area contributed by atoms with E-state index < -0.39 is 0 Å². The molecule has 128 valence electrons. The van der Waals surface area contributed by atoms with Crippen molar-refractivity contribution in [2.75, 3.05) is 20.3 Å². The van der Waals surface area contributed by atoms with E-state index in [-0.39, 0.29) is 24.9 Å². The number of para-hydroxylation sites is 1. The molecule has 2 aromatic carbocycles. The number of hydrogen-bond donors (Lipinski definition) is 1. The van der Waals surface area contributed by atoms with Gasteiger partial charge in [-0.1, -0.05) is 18.2 Å². The molecule has 0 atom stereocenters. The van der Waals surface area contributed by atoms with Gasteiger partial charge in [-0.25, -0.2) is 4.39 Å². The number of amides is 1. The summed E-state index contributed by atoms with van der Waals surface area (Å²) in [5.74, 6) is 0.130. The second-order valence-electron chi connectivity index (χ2n) is 5.69. The number of halogens is 1. The highest BCUT2D eigenvalue weighted by Crippen LogP contribution is 2.21. The molecule has 0 aliphatic carbocycles. The van der Waals surface area contributed by atoms with Crippen LogP contribution in [0.4, 0.5) is 4.39 Å². The van der Waals surface area contributed by atoms with Crippen LogP contribution in [-0.2, 0) is 6.54 Å². The molecule has 0 saturated heterocycles. The highest BCUT2D eigenvalue weighted by molar-refractivity contribution is 5.94. The zero-order chi connectivity index (χ0) is 17.7. The van der Waals surface area contributed by atoms with Crippen LogP contribution in [0.15, 0.2) is 36.4 Å². The van der Waals surface area contributed by atoms with Gasteiger partial charge in [-0.05, 0) is 43.2 Å². The minimum absolute atomic E-state index is 0.153. The minimum atomic E-state index is -0.301. The van der Waals surface area contributed by atoms with Gasteiger partial charge >= 0.3 is 0 Å². The number of aliphatic hydroxyl groups excluding tert-OH is 1. The lowest BCUT2D eigenvalue weighted by Gasteiger charge is -2.23. The third-order valence-electron chi connectivity index (χ3n) is 3.89. The summed E-state index contributed by atoms with van der Waals surface area (Å²) in [4.78, 5) is 14.3. The molecular formula is C19H22FNO3. The SMILES string of the molecule is COc1ccccc1CN(CCO)C(=O)c1cc(C)c(F)c(C)c1. The number of hydrogen-bond acceptors (Lipinski definition) is 3. The van der Waals surface area contributed by atoms with E-state index in [1.807, 2.05) is 24.3 Å². The van der Waals surface area contributed by atoms with E-state index in [2.05, 4.69) is 0 Å². The van der Waals surface area contributed by atoms with Crippen LogP contribution in [0, 0.1) is 19.7 Å². The number of benzene rings is 2. The summed E-state index contributed by atoms with van der Waals surface area (Å²) >= 11 is 0. The molecule has 1 amide bonds. The van der Waals surface area contributed by atoms with Crippen molar-refractivity contribution < 1.29 is 19.0 Å². The Labute approximate surface area is 141 Å². The Morgan fingerprint density at radius 1 is 1.21 bits per heavy atom. The Hall–Kier alpha value is -2.40. The van der Waals surface area contributed by atoms with Gasteiger partial charge in [0.05, 0.1) is 13.7 Å². The Morgan fingerprint density at radius 2 is 1.83 bits per heavy atom. The van der Waals surface area contributed by atoms with Crippen LogP contribution in [0.2, 0.25) is 0 Å². The van der Waals surface area contributed by atoms with Gasteiger partial charge in [0, 0.05) is 24.2 Å². The number of aryl methyl sites for hydroxylation is 2. The number of ether oxygens (including phenoxy) is 1. The van der Waals surface area contributed by atoms with Gasteiger partial charge in [-0.15, -0.1) is 0 Å². The largest absolute Gasteiger partial charge is 0.496 e. The van der Waals surface area contributed by atoms with Crippen LogP contribution >= 0.6 is 0 Å². The molecule has 2 rings (SSSR count). The summed E-state index contributed by atoms with van der Waals surface area (Å²) < 4.78 is 19.1. The molecule has 2 aromatic rings. The van der Waals surface area contributed by atoms with E-state index in [4.69, 9.17) is 4.74 Å². The Morgan fingerprint density at radius 3 is 2.42 bits per heavy atom. The first kappa shape index (κ1) is 17.9. The number of aliphatic hydroxyl groups is 1. The summed E-state index contributed by atoms with van der Waals surface area (Å²) in [7, 11) is 1.57. The average Bonchev–Trinajstić information content (AvgIpc) is 2.58. The first-order valence-corrected chi connectivity index (χ1v) is 7.76. The lowest BCUT2D eigenvalue weighted by molar-refractivity contribution is 0.0706. The first-order valence-electron chi connectivity index (χ1n) is 7.76. The van der Waals surface area contributed by atoms with Gasteiger partial charge in [0.2, 0.25) is 0 Å². The molecule has 0 aromatic heterocycles. The molecule has 0 radical (unpaired) electrons. The van der Waals surface area contributed by atoms with Crippen molar-refractivity contribution in [2.24, 2.45) is 0 Å². The lowest BCUT2D eigenvalue weighted by atomic mass is 10.0. The first-order chi connectivity index (χ1) is 11.5. The fraction of sp³-hybridized carbons (Fsp3) is 0.316. The van der Waals surface area contributed by atoms with Crippen LogP contribution in [0.3, 0.4) is 0 Å². The van der Waals surface area contributed by atoms with Crippen molar-refractivity contribution in [1.82, 2.24) is 4.90 Å². The minimum Gasteiger partial charge on any atom is -0.496 e. The summed E-state index contributed by atoms with van der Waals surface area (Å²) in [6.45, 7) is 3.61. The van der Waals surface area contributed by atoms with E-state index in [9.17, 15) is 14.3 Å². The summed E-state index contributed by atoms with van der Waals surface area (Å²) in [5.41, 5.74) is 2.12. The molecule has 0 spiro atoms. The van der Waals surface area contributed by atoms with Crippen molar-refractivity contribution in [3.63, 3.8) is 0 Å². The van der Waals surface area contributed by atoms with Crippen molar-refractivity contribution in [2.45, 2.75) is 20.4 Å². The van der Waals surface area contributed by atoms with Crippen molar-refractivity contribution in [1.29, 1.82) is 0 Å².